The van der Waals surface area contributed by atoms with E-state index >= 15 is 0 Å². The zero-order chi connectivity index (χ0) is 11.5. The average molecular weight is 235 g/mol. The van der Waals surface area contributed by atoms with Gasteiger partial charge in [0.2, 0.25) is 0 Å². The number of rotatable bonds is 2. The lowest BCUT2D eigenvalue weighted by Crippen LogP contribution is -2.25. The topological polar surface area (TPSA) is 29.5 Å². The molecule has 1 saturated heterocycles. The van der Waals surface area contributed by atoms with Crippen LogP contribution in [0, 0.1) is 5.92 Å². The second-order valence-electron chi connectivity index (χ2n) is 3.76. The van der Waals surface area contributed by atoms with Crippen molar-refractivity contribution < 1.29 is 9.53 Å². The Labute approximate surface area is 100 Å². The monoisotopic (exact) mass is 235 g/mol. The summed E-state index contributed by atoms with van der Waals surface area (Å²) < 4.78 is 4.74. The molecule has 0 N–H and O–H groups in total. The summed E-state index contributed by atoms with van der Waals surface area (Å²) in [7, 11) is 1.41. The maximum Gasteiger partial charge on any atom is 0.310 e. The Hall–Kier alpha value is -1.42. The third-order valence-corrected chi connectivity index (χ3v) is 3.11. The summed E-state index contributed by atoms with van der Waals surface area (Å²) in [4.78, 5) is 14.2. The quantitative estimate of drug-likeness (QED) is 0.579. The van der Waals surface area contributed by atoms with E-state index in [1.807, 2.05) is 35.2 Å². The van der Waals surface area contributed by atoms with Crippen LogP contribution in [0.4, 0.5) is 5.69 Å². The Morgan fingerprint density at radius 1 is 1.44 bits per heavy atom. The van der Waals surface area contributed by atoms with Crippen LogP contribution in [0.25, 0.3) is 0 Å². The predicted octanol–water partition coefficient (Wildman–Crippen LogP) is 2.01. The van der Waals surface area contributed by atoms with Crippen LogP contribution in [-0.2, 0) is 9.53 Å². The van der Waals surface area contributed by atoms with E-state index in [9.17, 15) is 4.79 Å². The molecule has 1 heterocycles. The van der Waals surface area contributed by atoms with Crippen molar-refractivity contribution >= 4 is 28.9 Å². The molecular weight excluding hydrogens is 222 g/mol. The molecule has 1 aromatic carbocycles. The summed E-state index contributed by atoms with van der Waals surface area (Å²) in [6.45, 7) is 0.621. The van der Waals surface area contributed by atoms with E-state index < -0.39 is 0 Å². The SMILES string of the molecule is COC(=O)[C@H]1CC(=S)N(c2ccccc2)C1. The maximum absolute atomic E-state index is 11.4. The van der Waals surface area contributed by atoms with Crippen LogP contribution in [0.3, 0.4) is 0 Å². The maximum atomic E-state index is 11.4. The molecule has 16 heavy (non-hydrogen) atoms. The standard InChI is InChI=1S/C12H13NO2S/c1-15-12(14)9-7-11(16)13(8-9)10-5-3-2-4-6-10/h2-6,9H,7-8H2,1H3/t9-/m0/s1. The van der Waals surface area contributed by atoms with Crippen molar-refractivity contribution in [2.24, 2.45) is 5.92 Å². The van der Waals surface area contributed by atoms with Crippen molar-refractivity contribution in [1.29, 1.82) is 0 Å². The molecule has 1 aliphatic rings. The number of methoxy groups -OCH3 is 1. The Kier molecular flexibility index (Phi) is 3.19. The predicted molar refractivity (Wildman–Crippen MR) is 66.5 cm³/mol. The van der Waals surface area contributed by atoms with Crippen LogP contribution in [0.1, 0.15) is 6.42 Å². The van der Waals surface area contributed by atoms with Gasteiger partial charge in [-0.05, 0) is 12.1 Å². The van der Waals surface area contributed by atoms with Gasteiger partial charge in [0.1, 0.15) is 0 Å². The average Bonchev–Trinajstić information content (AvgIpc) is 2.71. The van der Waals surface area contributed by atoms with Crippen LogP contribution in [0.2, 0.25) is 0 Å². The molecule has 0 radical (unpaired) electrons. The van der Waals surface area contributed by atoms with E-state index in [0.29, 0.717) is 13.0 Å². The zero-order valence-electron chi connectivity index (χ0n) is 9.05. The lowest BCUT2D eigenvalue weighted by molar-refractivity contribution is -0.144. The van der Waals surface area contributed by atoms with Gasteiger partial charge in [-0.25, -0.2) is 0 Å². The Balaban J connectivity index is 2.14. The van der Waals surface area contributed by atoms with Gasteiger partial charge in [0.25, 0.3) is 0 Å². The van der Waals surface area contributed by atoms with Gasteiger partial charge in [0, 0.05) is 18.7 Å². The highest BCUT2D eigenvalue weighted by atomic mass is 32.1. The van der Waals surface area contributed by atoms with Crippen molar-refractivity contribution in [2.45, 2.75) is 6.42 Å². The number of ether oxygens (including phenoxy) is 1. The number of carbonyl (C=O) groups is 1. The van der Waals surface area contributed by atoms with E-state index in [1.54, 1.807) is 0 Å². The fourth-order valence-corrected chi connectivity index (χ4v) is 2.27. The molecule has 0 amide bonds. The highest BCUT2D eigenvalue weighted by Crippen LogP contribution is 2.26. The van der Waals surface area contributed by atoms with Gasteiger partial charge in [-0.2, -0.15) is 0 Å². The molecule has 4 heteroatoms. The number of nitrogens with zero attached hydrogens (tertiary/aromatic N) is 1. The summed E-state index contributed by atoms with van der Waals surface area (Å²) in [6.07, 6.45) is 0.608. The molecule has 0 bridgehead atoms. The zero-order valence-corrected chi connectivity index (χ0v) is 9.87. The second-order valence-corrected chi connectivity index (χ2v) is 4.24. The van der Waals surface area contributed by atoms with Crippen LogP contribution < -0.4 is 4.90 Å². The van der Waals surface area contributed by atoms with Gasteiger partial charge < -0.3 is 9.64 Å². The highest BCUT2D eigenvalue weighted by Gasteiger charge is 2.33. The fourth-order valence-electron chi connectivity index (χ4n) is 1.89. The summed E-state index contributed by atoms with van der Waals surface area (Å²) in [6, 6.07) is 9.87. The Bertz CT molecular complexity index is 405. The largest absolute Gasteiger partial charge is 0.469 e. The Morgan fingerprint density at radius 3 is 2.75 bits per heavy atom. The van der Waals surface area contributed by atoms with E-state index in [2.05, 4.69) is 0 Å². The highest BCUT2D eigenvalue weighted by molar-refractivity contribution is 7.80. The third-order valence-electron chi connectivity index (χ3n) is 2.73. The number of esters is 1. The van der Waals surface area contributed by atoms with Crippen molar-refractivity contribution in [3.63, 3.8) is 0 Å². The van der Waals surface area contributed by atoms with Crippen LogP contribution in [-0.4, -0.2) is 24.6 Å². The van der Waals surface area contributed by atoms with Crippen molar-refractivity contribution in [3.05, 3.63) is 30.3 Å². The van der Waals surface area contributed by atoms with Crippen molar-refractivity contribution in [3.8, 4) is 0 Å². The minimum absolute atomic E-state index is 0.127. The first-order valence-electron chi connectivity index (χ1n) is 5.15. The van der Waals surface area contributed by atoms with E-state index in [4.69, 9.17) is 17.0 Å². The molecule has 0 spiro atoms. The van der Waals surface area contributed by atoms with Crippen molar-refractivity contribution in [1.82, 2.24) is 0 Å². The van der Waals surface area contributed by atoms with Crippen LogP contribution in [0.15, 0.2) is 30.3 Å². The molecule has 0 aromatic heterocycles. The molecule has 0 unspecified atom stereocenters. The lowest BCUT2D eigenvalue weighted by Gasteiger charge is -2.17. The molecule has 84 valence electrons. The number of benzene rings is 1. The molecule has 2 rings (SSSR count). The Morgan fingerprint density at radius 2 is 2.12 bits per heavy atom. The van der Waals surface area contributed by atoms with E-state index in [0.717, 1.165) is 10.7 Å². The first-order valence-corrected chi connectivity index (χ1v) is 5.56. The van der Waals surface area contributed by atoms with Gasteiger partial charge in [0.15, 0.2) is 0 Å². The number of anilines is 1. The molecule has 1 fully saturated rings. The summed E-state index contributed by atoms with van der Waals surface area (Å²) in [5.74, 6) is -0.307. The lowest BCUT2D eigenvalue weighted by atomic mass is 10.1. The van der Waals surface area contributed by atoms with Gasteiger partial charge in [-0.1, -0.05) is 30.4 Å². The molecule has 0 aliphatic carbocycles. The van der Waals surface area contributed by atoms with Gasteiger partial charge in [0.05, 0.1) is 18.0 Å². The molecule has 1 aliphatic heterocycles. The number of hydrogen-bond donors (Lipinski definition) is 0. The van der Waals surface area contributed by atoms with Gasteiger partial charge in [-0.15, -0.1) is 0 Å². The van der Waals surface area contributed by atoms with E-state index in [-0.39, 0.29) is 11.9 Å². The minimum Gasteiger partial charge on any atom is -0.469 e. The number of thiocarbonyl (C=S) groups is 1. The molecule has 1 aromatic rings. The number of carbonyl (C=O) groups excluding carboxylic acids is 1. The van der Waals surface area contributed by atoms with Crippen molar-refractivity contribution in [2.75, 3.05) is 18.6 Å². The molecule has 0 saturated carbocycles. The minimum atomic E-state index is -0.180. The summed E-state index contributed by atoms with van der Waals surface area (Å²) >= 11 is 5.28. The van der Waals surface area contributed by atoms with Gasteiger partial charge >= 0.3 is 5.97 Å². The smallest absolute Gasteiger partial charge is 0.310 e. The molecule has 1 atom stereocenters. The molecular formula is C12H13NO2S. The first-order chi connectivity index (χ1) is 7.72. The second kappa shape index (κ2) is 4.61. The van der Waals surface area contributed by atoms with Crippen LogP contribution in [0.5, 0.6) is 0 Å². The number of hydrogen-bond acceptors (Lipinski definition) is 3. The number of para-hydroxylation sites is 1. The summed E-state index contributed by atoms with van der Waals surface area (Å²) in [5, 5.41) is 0. The fraction of sp³-hybridized carbons (Fsp3) is 0.333. The van der Waals surface area contributed by atoms with E-state index in [1.165, 1.54) is 7.11 Å². The normalized spacial score (nSPS) is 19.9. The third kappa shape index (κ3) is 2.07. The van der Waals surface area contributed by atoms with Gasteiger partial charge in [-0.3, -0.25) is 4.79 Å². The molecule has 3 nitrogen and oxygen atoms in total. The summed E-state index contributed by atoms with van der Waals surface area (Å²) in [5.41, 5.74) is 1.04. The van der Waals surface area contributed by atoms with Crippen LogP contribution >= 0.6 is 12.2 Å². The first kappa shape index (κ1) is 11.1.